The molecule has 3 rings (SSSR count). The lowest BCUT2D eigenvalue weighted by Gasteiger charge is -2.42. The van der Waals surface area contributed by atoms with Gasteiger partial charge in [0.05, 0.1) is 12.9 Å². The van der Waals surface area contributed by atoms with Gasteiger partial charge in [-0.2, -0.15) is 0 Å². The summed E-state index contributed by atoms with van der Waals surface area (Å²) in [6, 6.07) is -1.25. The number of likely N-dealkylation sites (tertiary alicyclic amines) is 1. The first-order valence-electron chi connectivity index (χ1n) is 10.6. The fraction of sp³-hybridized carbons (Fsp3) is 0.800. The Morgan fingerprint density at radius 3 is 2.48 bits per heavy atom. The fourth-order valence-corrected chi connectivity index (χ4v) is 5.64. The lowest BCUT2D eigenvalue weighted by molar-refractivity contribution is -0.180. The van der Waals surface area contributed by atoms with Gasteiger partial charge in [0, 0.05) is 24.8 Å². The highest BCUT2D eigenvalue weighted by atomic mass is 35.5. The van der Waals surface area contributed by atoms with Gasteiger partial charge < -0.3 is 24.0 Å². The second kappa shape index (κ2) is 10.8. The van der Waals surface area contributed by atoms with Crippen molar-refractivity contribution in [1.82, 2.24) is 9.80 Å². The minimum Gasteiger partial charge on any atom is -0.435 e. The number of rotatable bonds is 6. The SMILES string of the molecule is CCOC(=O)OC(C)OC(=O)[C@@H]1N2C(=O)C(N=CN3CCCCCC3)[C@H]2SC1(C)C.Cl. The number of amides is 1. The summed E-state index contributed by atoms with van der Waals surface area (Å²) in [4.78, 5) is 45.3. The molecule has 9 nitrogen and oxygen atoms in total. The maximum absolute atomic E-state index is 12.8. The molecule has 4 atom stereocenters. The highest BCUT2D eigenvalue weighted by molar-refractivity contribution is 8.01. The van der Waals surface area contributed by atoms with Gasteiger partial charge >= 0.3 is 12.1 Å². The van der Waals surface area contributed by atoms with Crippen LogP contribution in [0.25, 0.3) is 0 Å². The molecule has 3 aliphatic rings. The van der Waals surface area contributed by atoms with Crippen LogP contribution in [0, 0.1) is 0 Å². The van der Waals surface area contributed by atoms with Crippen LogP contribution in [-0.2, 0) is 23.8 Å². The van der Waals surface area contributed by atoms with Gasteiger partial charge in [-0.25, -0.2) is 9.59 Å². The number of esters is 1. The van der Waals surface area contributed by atoms with Crippen LogP contribution in [0.4, 0.5) is 4.79 Å². The molecule has 0 aliphatic carbocycles. The summed E-state index contributed by atoms with van der Waals surface area (Å²) in [6.45, 7) is 8.99. The molecule has 0 bridgehead atoms. The second-order valence-corrected chi connectivity index (χ2v) is 10.00. The number of carbonyl (C=O) groups excluding carboxylic acids is 3. The van der Waals surface area contributed by atoms with E-state index < -0.39 is 35.2 Å². The van der Waals surface area contributed by atoms with Gasteiger partial charge in [-0.05, 0) is 33.6 Å². The third kappa shape index (κ3) is 5.77. The average molecular weight is 478 g/mol. The molecule has 11 heteroatoms. The number of nitrogens with zero attached hydrogens (tertiary/aromatic N) is 3. The van der Waals surface area contributed by atoms with E-state index in [1.165, 1.54) is 19.8 Å². The van der Waals surface area contributed by atoms with Crippen molar-refractivity contribution in [3.63, 3.8) is 0 Å². The molecule has 3 heterocycles. The number of thioether (sulfide) groups is 1. The van der Waals surface area contributed by atoms with Crippen LogP contribution >= 0.6 is 24.2 Å². The van der Waals surface area contributed by atoms with Crippen molar-refractivity contribution >= 4 is 48.5 Å². The summed E-state index contributed by atoms with van der Waals surface area (Å²) in [5.74, 6) is -0.778. The number of aliphatic imine (C=N–C) groups is 1. The molecule has 0 radical (unpaired) electrons. The molecule has 3 aliphatic heterocycles. The molecule has 0 spiro atoms. The Morgan fingerprint density at radius 2 is 1.87 bits per heavy atom. The number of β-lactam (4-membered cyclic amide) rings is 1. The number of halogens is 1. The fourth-order valence-electron chi connectivity index (χ4n) is 4.03. The van der Waals surface area contributed by atoms with E-state index in [2.05, 4.69) is 14.6 Å². The van der Waals surface area contributed by atoms with Gasteiger partial charge in [0.1, 0.15) is 11.4 Å². The summed E-state index contributed by atoms with van der Waals surface area (Å²) in [7, 11) is 0. The van der Waals surface area contributed by atoms with Crippen LogP contribution in [-0.4, -0.2) is 82.4 Å². The Bertz CT molecular complexity index is 698. The smallest absolute Gasteiger partial charge is 0.435 e. The Hall–Kier alpha value is -1.68. The quantitative estimate of drug-likeness (QED) is 0.189. The molecule has 0 N–H and O–H groups in total. The van der Waals surface area contributed by atoms with E-state index in [0.29, 0.717) is 0 Å². The summed E-state index contributed by atoms with van der Waals surface area (Å²) < 4.78 is 14.3. The number of hydrogen-bond acceptors (Lipinski definition) is 8. The van der Waals surface area contributed by atoms with E-state index in [9.17, 15) is 14.4 Å². The molecule has 31 heavy (non-hydrogen) atoms. The number of fused-ring (bicyclic) bond motifs is 1. The predicted octanol–water partition coefficient (Wildman–Crippen LogP) is 2.81. The lowest BCUT2D eigenvalue weighted by atomic mass is 9.96. The van der Waals surface area contributed by atoms with Crippen LogP contribution < -0.4 is 0 Å². The van der Waals surface area contributed by atoms with Gasteiger partial charge in [-0.3, -0.25) is 9.79 Å². The molecule has 0 aromatic carbocycles. The molecule has 2 unspecified atom stereocenters. The summed E-state index contributed by atoms with van der Waals surface area (Å²) in [5, 5.41) is -0.199. The van der Waals surface area contributed by atoms with E-state index in [-0.39, 0.29) is 30.3 Å². The number of hydrogen-bond donors (Lipinski definition) is 0. The summed E-state index contributed by atoms with van der Waals surface area (Å²) in [5.41, 5.74) is 0. The van der Waals surface area contributed by atoms with Gasteiger partial charge in [0.25, 0.3) is 5.91 Å². The van der Waals surface area contributed by atoms with Crippen molar-refractivity contribution in [2.75, 3.05) is 19.7 Å². The van der Waals surface area contributed by atoms with E-state index >= 15 is 0 Å². The minimum atomic E-state index is -1.11. The molecule has 3 fully saturated rings. The predicted molar refractivity (Wildman–Crippen MR) is 119 cm³/mol. The van der Waals surface area contributed by atoms with E-state index in [4.69, 9.17) is 9.47 Å². The van der Waals surface area contributed by atoms with Crippen LogP contribution in [0.3, 0.4) is 0 Å². The molecule has 1 amide bonds. The van der Waals surface area contributed by atoms with Gasteiger partial charge in [-0.15, -0.1) is 24.2 Å². The molecular weight excluding hydrogens is 446 g/mol. The first kappa shape index (κ1) is 25.6. The molecule has 0 aromatic heterocycles. The van der Waals surface area contributed by atoms with E-state index in [1.54, 1.807) is 29.9 Å². The number of ether oxygens (including phenoxy) is 3. The molecule has 0 saturated carbocycles. The first-order chi connectivity index (χ1) is 14.2. The third-order valence-corrected chi connectivity index (χ3v) is 7.03. The molecule has 3 saturated heterocycles. The zero-order valence-electron chi connectivity index (χ0n) is 18.4. The normalized spacial score (nSPS) is 28.1. The van der Waals surface area contributed by atoms with Crippen molar-refractivity contribution in [3.8, 4) is 0 Å². The lowest BCUT2D eigenvalue weighted by Crippen LogP contribution is -2.65. The molecular formula is C20H32ClN3O6S. The highest BCUT2D eigenvalue weighted by Gasteiger charge is 2.64. The Labute approximate surface area is 193 Å². The Morgan fingerprint density at radius 1 is 1.23 bits per heavy atom. The summed E-state index contributed by atoms with van der Waals surface area (Å²) >= 11 is 1.55. The zero-order chi connectivity index (χ0) is 21.9. The number of carbonyl (C=O) groups is 3. The van der Waals surface area contributed by atoms with E-state index in [1.807, 2.05) is 13.8 Å². The van der Waals surface area contributed by atoms with Crippen molar-refractivity contribution in [3.05, 3.63) is 0 Å². The van der Waals surface area contributed by atoms with Crippen LogP contribution in [0.1, 0.15) is 53.4 Å². The van der Waals surface area contributed by atoms with Gasteiger partial charge in [-0.1, -0.05) is 12.8 Å². The maximum Gasteiger partial charge on any atom is 0.511 e. The van der Waals surface area contributed by atoms with Crippen molar-refractivity contribution in [2.45, 2.75) is 81.9 Å². The third-order valence-electron chi connectivity index (χ3n) is 5.47. The highest BCUT2D eigenvalue weighted by Crippen LogP contribution is 2.52. The molecule has 0 aromatic rings. The molecule has 176 valence electrons. The first-order valence-corrected chi connectivity index (χ1v) is 11.4. The van der Waals surface area contributed by atoms with Crippen LogP contribution in [0.15, 0.2) is 4.99 Å². The standard InChI is InChI=1S/C20H31N3O6S.ClH/c1-5-27-19(26)29-13(2)28-18(25)15-20(3,4)30-17-14(16(24)23(15)17)21-12-22-10-8-6-7-9-11-22;/h12-15,17H,5-11H2,1-4H3;1H/t13?,14?,15-,17+;/m0./s1. The zero-order valence-corrected chi connectivity index (χ0v) is 20.1. The van der Waals surface area contributed by atoms with E-state index in [0.717, 1.165) is 25.9 Å². The monoisotopic (exact) mass is 477 g/mol. The van der Waals surface area contributed by atoms with Crippen molar-refractivity contribution in [1.29, 1.82) is 0 Å². The largest absolute Gasteiger partial charge is 0.511 e. The van der Waals surface area contributed by atoms with Crippen molar-refractivity contribution in [2.24, 2.45) is 4.99 Å². The maximum atomic E-state index is 12.8. The van der Waals surface area contributed by atoms with Gasteiger partial charge in [0.15, 0.2) is 6.04 Å². The van der Waals surface area contributed by atoms with Gasteiger partial charge in [0.2, 0.25) is 6.29 Å². The Balaban J connectivity index is 0.00000341. The van der Waals surface area contributed by atoms with Crippen molar-refractivity contribution < 1.29 is 28.6 Å². The average Bonchev–Trinajstić information content (AvgIpc) is 2.81. The Kier molecular flexibility index (Phi) is 8.88. The second-order valence-electron chi connectivity index (χ2n) is 8.22. The minimum absolute atomic E-state index is 0. The topological polar surface area (TPSA) is 97.7 Å². The van der Waals surface area contributed by atoms with Crippen LogP contribution in [0.5, 0.6) is 0 Å². The summed E-state index contributed by atoms with van der Waals surface area (Å²) in [6.07, 6.45) is 4.54. The van der Waals surface area contributed by atoms with Crippen LogP contribution in [0.2, 0.25) is 0 Å².